The Bertz CT molecular complexity index is 1330. The van der Waals surface area contributed by atoms with E-state index in [0.29, 0.717) is 37.7 Å². The van der Waals surface area contributed by atoms with Gasteiger partial charge in [-0.2, -0.15) is 10.2 Å². The Balaban J connectivity index is 1.52. The molecule has 0 aliphatic carbocycles. The summed E-state index contributed by atoms with van der Waals surface area (Å²) in [6, 6.07) is 6.75. The van der Waals surface area contributed by atoms with Crippen LogP contribution in [0.1, 0.15) is 28.4 Å². The fourth-order valence-corrected chi connectivity index (χ4v) is 4.79. The smallest absolute Gasteiger partial charge is 0.255 e. The van der Waals surface area contributed by atoms with Gasteiger partial charge in [0.15, 0.2) is 0 Å². The molecular weight excluding hydrogens is 508 g/mol. The average molecular weight is 542 g/mol. The van der Waals surface area contributed by atoms with Gasteiger partial charge in [-0.1, -0.05) is 0 Å². The van der Waals surface area contributed by atoms with Crippen molar-refractivity contribution in [2.45, 2.75) is 32.2 Å². The molecule has 2 atom stereocenters. The molecule has 208 valence electrons. The fourth-order valence-electron chi connectivity index (χ4n) is 4.79. The van der Waals surface area contributed by atoms with Gasteiger partial charge in [-0.15, -0.1) is 0 Å². The average Bonchev–Trinajstić information content (AvgIpc) is 3.49. The van der Waals surface area contributed by atoms with Gasteiger partial charge in [0.2, 0.25) is 0 Å². The number of amides is 1. The summed E-state index contributed by atoms with van der Waals surface area (Å²) in [7, 11) is 3.66. The molecule has 0 saturated carbocycles. The van der Waals surface area contributed by atoms with Crippen LogP contribution in [0.25, 0.3) is 11.1 Å². The van der Waals surface area contributed by atoms with E-state index in [9.17, 15) is 13.6 Å². The number of hydrogen-bond acceptors (Lipinski definition) is 7. The third-order valence-electron chi connectivity index (χ3n) is 7.29. The first-order valence-corrected chi connectivity index (χ1v) is 13.0. The number of rotatable bonds is 8. The van der Waals surface area contributed by atoms with Crippen molar-refractivity contribution in [3.05, 3.63) is 71.1 Å². The number of benzene rings is 2. The van der Waals surface area contributed by atoms with E-state index in [4.69, 9.17) is 14.3 Å². The van der Waals surface area contributed by atoms with E-state index in [2.05, 4.69) is 15.3 Å². The molecule has 39 heavy (non-hydrogen) atoms. The van der Waals surface area contributed by atoms with Crippen molar-refractivity contribution >= 4 is 5.91 Å². The molecular formula is C28H33F2N5O4. The molecule has 2 aromatic carbocycles. The molecule has 9 nitrogen and oxygen atoms in total. The van der Waals surface area contributed by atoms with Gasteiger partial charge in [-0.25, -0.2) is 8.78 Å². The molecule has 1 amide bonds. The second-order valence-corrected chi connectivity index (χ2v) is 9.98. The first-order chi connectivity index (χ1) is 18.8. The zero-order chi connectivity index (χ0) is 27.5. The summed E-state index contributed by atoms with van der Waals surface area (Å²) in [4.78, 5) is 21.5. The third-order valence-corrected chi connectivity index (χ3v) is 7.29. The van der Waals surface area contributed by atoms with Gasteiger partial charge in [0.1, 0.15) is 24.0 Å². The van der Waals surface area contributed by atoms with Crippen molar-refractivity contribution in [3.63, 3.8) is 0 Å². The summed E-state index contributed by atoms with van der Waals surface area (Å²) in [6.07, 6.45) is 3.66. The second-order valence-electron chi connectivity index (χ2n) is 9.98. The molecule has 2 fully saturated rings. The van der Waals surface area contributed by atoms with Gasteiger partial charge < -0.3 is 14.8 Å². The molecule has 3 heterocycles. The molecule has 3 aromatic rings. The molecule has 2 aliphatic rings. The van der Waals surface area contributed by atoms with E-state index in [1.807, 2.05) is 39.3 Å². The molecule has 0 radical (unpaired) electrons. The van der Waals surface area contributed by atoms with Crippen LogP contribution in [-0.2, 0) is 29.8 Å². The van der Waals surface area contributed by atoms with Crippen LogP contribution in [0.15, 0.2) is 42.7 Å². The number of hydroxylamine groups is 2. The topological polar surface area (TPSA) is 81.1 Å². The van der Waals surface area contributed by atoms with Crippen molar-refractivity contribution in [3.8, 4) is 16.9 Å². The lowest BCUT2D eigenvalue weighted by Crippen LogP contribution is -2.43. The first kappa shape index (κ1) is 27.2. The summed E-state index contributed by atoms with van der Waals surface area (Å²) in [5.41, 5.74) is 3.15. The lowest BCUT2D eigenvalue weighted by atomic mass is 9.97. The van der Waals surface area contributed by atoms with Gasteiger partial charge in [0, 0.05) is 57.1 Å². The Morgan fingerprint density at radius 3 is 2.62 bits per heavy atom. The van der Waals surface area contributed by atoms with Crippen molar-refractivity contribution in [2.75, 3.05) is 40.0 Å². The van der Waals surface area contributed by atoms with E-state index in [1.54, 1.807) is 15.9 Å². The largest absolute Gasteiger partial charge is 0.488 e. The third kappa shape index (κ3) is 6.27. The number of nitrogens with zero attached hydrogens (tertiary/aromatic N) is 4. The molecule has 11 heteroatoms. The van der Waals surface area contributed by atoms with Crippen LogP contribution in [0.4, 0.5) is 8.78 Å². The molecule has 0 spiro atoms. The summed E-state index contributed by atoms with van der Waals surface area (Å²) < 4.78 is 41.1. The van der Waals surface area contributed by atoms with Gasteiger partial charge in [-0.3, -0.25) is 19.2 Å². The molecule has 0 bridgehead atoms. The van der Waals surface area contributed by atoms with Crippen LogP contribution < -0.4 is 10.1 Å². The molecule has 5 rings (SSSR count). The Kier molecular flexibility index (Phi) is 8.22. The molecule has 1 aromatic heterocycles. The number of carbonyl (C=O) groups excluding carboxylic acids is 1. The van der Waals surface area contributed by atoms with Crippen molar-refractivity contribution in [1.29, 1.82) is 0 Å². The zero-order valence-electron chi connectivity index (χ0n) is 22.3. The maximum atomic E-state index is 14.4. The summed E-state index contributed by atoms with van der Waals surface area (Å²) in [5.74, 6) is -1.39. The van der Waals surface area contributed by atoms with Gasteiger partial charge in [0.05, 0.1) is 43.7 Å². The number of morpholine rings is 1. The van der Waals surface area contributed by atoms with Crippen molar-refractivity contribution in [2.24, 2.45) is 7.05 Å². The monoisotopic (exact) mass is 541 g/mol. The van der Waals surface area contributed by atoms with E-state index in [0.717, 1.165) is 35.8 Å². The van der Waals surface area contributed by atoms with Crippen LogP contribution in [0.5, 0.6) is 5.75 Å². The van der Waals surface area contributed by atoms with E-state index >= 15 is 0 Å². The molecule has 2 aliphatic heterocycles. The van der Waals surface area contributed by atoms with Crippen molar-refractivity contribution < 1.29 is 27.9 Å². The highest BCUT2D eigenvalue weighted by molar-refractivity contribution is 5.99. The standard InChI is InChI=1S/C28H33F2N5O4/c1-18-26(17-39-34(18)3)32-28(36)24-12-23(21-13-31-33(2)14-21)20(15-35-6-8-37-9-7-35)10-27(24)38-16-19-4-5-22(29)11-25(19)30/h4-5,10-14,18,26H,6-9,15-17H2,1-3H3,(H,32,36). The predicted octanol–water partition coefficient (Wildman–Crippen LogP) is 3.14. The van der Waals surface area contributed by atoms with Crippen molar-refractivity contribution in [1.82, 2.24) is 25.1 Å². The van der Waals surface area contributed by atoms with Crippen LogP contribution in [-0.4, -0.2) is 77.7 Å². The molecule has 2 saturated heterocycles. The Morgan fingerprint density at radius 2 is 1.95 bits per heavy atom. The number of aromatic nitrogens is 2. The SMILES string of the molecule is CC1C(NC(=O)c2cc(-c3cnn(C)c3)c(CN3CCOCC3)cc2OCc2ccc(F)cc2F)CON1C. The minimum Gasteiger partial charge on any atom is -0.488 e. The number of likely N-dealkylation sites (N-methyl/N-ethyl adjacent to an activating group) is 1. The maximum absolute atomic E-state index is 14.4. The Labute approximate surface area is 226 Å². The minimum atomic E-state index is -0.707. The van der Waals surface area contributed by atoms with Crippen LogP contribution in [0, 0.1) is 11.6 Å². The van der Waals surface area contributed by atoms with Crippen LogP contribution in [0.3, 0.4) is 0 Å². The number of hydrogen-bond donors (Lipinski definition) is 1. The highest BCUT2D eigenvalue weighted by Gasteiger charge is 2.32. The molecule has 1 N–H and O–H groups in total. The lowest BCUT2D eigenvalue weighted by Gasteiger charge is -2.28. The van der Waals surface area contributed by atoms with Gasteiger partial charge in [-0.05, 0) is 42.3 Å². The van der Waals surface area contributed by atoms with Crippen LogP contribution >= 0.6 is 0 Å². The Morgan fingerprint density at radius 1 is 1.15 bits per heavy atom. The summed E-state index contributed by atoms with van der Waals surface area (Å²) in [6.45, 7) is 5.61. The highest BCUT2D eigenvalue weighted by atomic mass is 19.1. The number of aryl methyl sites for hydroxylation is 1. The second kappa shape index (κ2) is 11.8. The predicted molar refractivity (Wildman–Crippen MR) is 140 cm³/mol. The highest BCUT2D eigenvalue weighted by Crippen LogP contribution is 2.33. The number of carbonyl (C=O) groups is 1. The van der Waals surface area contributed by atoms with E-state index in [1.165, 1.54) is 12.1 Å². The van der Waals surface area contributed by atoms with Gasteiger partial charge >= 0.3 is 0 Å². The summed E-state index contributed by atoms with van der Waals surface area (Å²) in [5, 5.41) is 9.10. The van der Waals surface area contributed by atoms with E-state index in [-0.39, 0.29) is 30.2 Å². The first-order valence-electron chi connectivity index (χ1n) is 13.0. The molecule has 2 unspecified atom stereocenters. The minimum absolute atomic E-state index is 0.0231. The maximum Gasteiger partial charge on any atom is 0.255 e. The van der Waals surface area contributed by atoms with Gasteiger partial charge in [0.25, 0.3) is 5.91 Å². The number of nitrogens with one attached hydrogen (secondary N) is 1. The zero-order valence-corrected chi connectivity index (χ0v) is 22.3. The number of ether oxygens (including phenoxy) is 2. The fraction of sp³-hybridized carbons (Fsp3) is 0.429. The Hall–Kier alpha value is -3.38. The summed E-state index contributed by atoms with van der Waals surface area (Å²) >= 11 is 0. The number of halogens is 2. The normalized spacial score (nSPS) is 20.3. The quantitative estimate of drug-likeness (QED) is 0.469. The lowest BCUT2D eigenvalue weighted by molar-refractivity contribution is -0.106. The van der Waals surface area contributed by atoms with E-state index < -0.39 is 11.6 Å². The van der Waals surface area contributed by atoms with Crippen LogP contribution in [0.2, 0.25) is 0 Å².